The molecular weight excluding hydrogens is 200 g/mol. The molecule has 14 heavy (non-hydrogen) atoms. The second-order valence-corrected chi connectivity index (χ2v) is 3.19. The minimum absolute atomic E-state index is 0.488. The first-order valence-electron chi connectivity index (χ1n) is 4.19. The standard InChI is InChI=1S/C9H9ClN4/c10-8-2-1-3-9(14-8)11-4-7-5-12-13-6-7/h1-3,5-6H,4H2,(H,11,14)(H,12,13). The van der Waals surface area contributed by atoms with E-state index in [1.807, 2.05) is 18.3 Å². The lowest BCUT2D eigenvalue weighted by molar-refractivity contribution is 1.09. The Labute approximate surface area is 86.3 Å². The quantitative estimate of drug-likeness (QED) is 0.760. The predicted octanol–water partition coefficient (Wildman–Crippen LogP) is 2.07. The number of halogens is 1. The van der Waals surface area contributed by atoms with Gasteiger partial charge >= 0.3 is 0 Å². The molecule has 0 bridgehead atoms. The number of nitrogens with one attached hydrogen (secondary N) is 2. The van der Waals surface area contributed by atoms with E-state index in [-0.39, 0.29) is 0 Å². The summed E-state index contributed by atoms with van der Waals surface area (Å²) in [5.74, 6) is 0.763. The van der Waals surface area contributed by atoms with Crippen LogP contribution in [0.25, 0.3) is 0 Å². The van der Waals surface area contributed by atoms with Crippen LogP contribution in [-0.2, 0) is 6.54 Å². The van der Waals surface area contributed by atoms with Gasteiger partial charge in [-0.05, 0) is 12.1 Å². The number of aromatic amines is 1. The highest BCUT2D eigenvalue weighted by molar-refractivity contribution is 6.29. The summed E-state index contributed by atoms with van der Waals surface area (Å²) in [6.07, 6.45) is 3.59. The number of anilines is 1. The number of rotatable bonds is 3. The van der Waals surface area contributed by atoms with Crippen LogP contribution in [0.15, 0.2) is 30.6 Å². The molecule has 0 aromatic carbocycles. The Morgan fingerprint density at radius 2 is 2.36 bits per heavy atom. The van der Waals surface area contributed by atoms with Crippen LogP contribution in [0, 0.1) is 0 Å². The van der Waals surface area contributed by atoms with Crippen molar-refractivity contribution in [2.75, 3.05) is 5.32 Å². The highest BCUT2D eigenvalue weighted by Gasteiger charge is 1.96. The van der Waals surface area contributed by atoms with Crippen molar-refractivity contribution in [2.45, 2.75) is 6.54 Å². The summed E-state index contributed by atoms with van der Waals surface area (Å²) in [4.78, 5) is 4.10. The molecule has 0 aliphatic heterocycles. The lowest BCUT2D eigenvalue weighted by atomic mass is 10.3. The van der Waals surface area contributed by atoms with Gasteiger partial charge in [-0.15, -0.1) is 0 Å². The first-order valence-corrected chi connectivity index (χ1v) is 4.56. The fraction of sp³-hybridized carbons (Fsp3) is 0.111. The minimum Gasteiger partial charge on any atom is -0.366 e. The average Bonchev–Trinajstić information content (AvgIpc) is 2.67. The Hall–Kier alpha value is -1.55. The van der Waals surface area contributed by atoms with Gasteiger partial charge in [0.2, 0.25) is 0 Å². The van der Waals surface area contributed by atoms with E-state index in [2.05, 4.69) is 20.5 Å². The normalized spacial score (nSPS) is 10.1. The van der Waals surface area contributed by atoms with E-state index in [1.54, 1.807) is 12.3 Å². The first-order chi connectivity index (χ1) is 6.84. The van der Waals surface area contributed by atoms with Gasteiger partial charge in [-0.2, -0.15) is 5.10 Å². The maximum Gasteiger partial charge on any atom is 0.131 e. The van der Waals surface area contributed by atoms with Gasteiger partial charge in [0.1, 0.15) is 11.0 Å². The van der Waals surface area contributed by atoms with Gasteiger partial charge in [-0.25, -0.2) is 4.98 Å². The smallest absolute Gasteiger partial charge is 0.131 e. The van der Waals surface area contributed by atoms with Crippen molar-refractivity contribution >= 4 is 17.4 Å². The van der Waals surface area contributed by atoms with Gasteiger partial charge in [0, 0.05) is 18.3 Å². The average molecular weight is 209 g/mol. The molecule has 2 rings (SSSR count). The summed E-state index contributed by atoms with van der Waals surface area (Å²) < 4.78 is 0. The molecule has 2 aromatic rings. The number of hydrogen-bond acceptors (Lipinski definition) is 3. The fourth-order valence-electron chi connectivity index (χ4n) is 1.07. The Balaban J connectivity index is 1.98. The zero-order valence-corrected chi connectivity index (χ0v) is 8.12. The minimum atomic E-state index is 0.488. The summed E-state index contributed by atoms with van der Waals surface area (Å²) in [6.45, 7) is 0.684. The Morgan fingerprint density at radius 3 is 3.07 bits per heavy atom. The highest BCUT2D eigenvalue weighted by Crippen LogP contribution is 2.09. The topological polar surface area (TPSA) is 53.6 Å². The third-order valence-corrected chi connectivity index (χ3v) is 1.95. The van der Waals surface area contributed by atoms with Crippen molar-refractivity contribution in [1.82, 2.24) is 15.2 Å². The van der Waals surface area contributed by atoms with Crippen LogP contribution < -0.4 is 5.32 Å². The number of pyridine rings is 1. The van der Waals surface area contributed by atoms with Gasteiger partial charge in [0.15, 0.2) is 0 Å². The maximum atomic E-state index is 5.74. The van der Waals surface area contributed by atoms with Crippen molar-refractivity contribution in [3.05, 3.63) is 41.3 Å². The molecule has 0 saturated heterocycles. The van der Waals surface area contributed by atoms with E-state index in [0.717, 1.165) is 11.4 Å². The Kier molecular flexibility index (Phi) is 2.65. The monoisotopic (exact) mass is 208 g/mol. The van der Waals surface area contributed by atoms with Crippen LogP contribution in [0.5, 0.6) is 0 Å². The lowest BCUT2D eigenvalue weighted by Gasteiger charge is -2.02. The zero-order chi connectivity index (χ0) is 9.80. The Morgan fingerprint density at radius 1 is 1.43 bits per heavy atom. The van der Waals surface area contributed by atoms with Crippen LogP contribution in [0.4, 0.5) is 5.82 Å². The SMILES string of the molecule is Clc1cccc(NCc2cn[nH]c2)n1. The molecule has 2 heterocycles. The Bertz CT molecular complexity index is 399. The summed E-state index contributed by atoms with van der Waals surface area (Å²) in [6, 6.07) is 5.46. The molecule has 0 aliphatic carbocycles. The molecule has 2 aromatic heterocycles. The molecule has 0 saturated carbocycles. The second-order valence-electron chi connectivity index (χ2n) is 2.81. The fourth-order valence-corrected chi connectivity index (χ4v) is 1.24. The molecule has 0 amide bonds. The summed E-state index contributed by atoms with van der Waals surface area (Å²) in [7, 11) is 0. The van der Waals surface area contributed by atoms with Crippen molar-refractivity contribution in [3.63, 3.8) is 0 Å². The van der Waals surface area contributed by atoms with E-state index in [0.29, 0.717) is 11.7 Å². The summed E-state index contributed by atoms with van der Waals surface area (Å²) >= 11 is 5.74. The van der Waals surface area contributed by atoms with Crippen LogP contribution in [-0.4, -0.2) is 15.2 Å². The molecule has 72 valence electrons. The van der Waals surface area contributed by atoms with E-state index in [1.165, 1.54) is 0 Å². The predicted molar refractivity (Wildman–Crippen MR) is 55.2 cm³/mol. The zero-order valence-electron chi connectivity index (χ0n) is 7.37. The van der Waals surface area contributed by atoms with Gasteiger partial charge in [0.25, 0.3) is 0 Å². The van der Waals surface area contributed by atoms with Crippen molar-refractivity contribution in [3.8, 4) is 0 Å². The molecule has 2 N–H and O–H groups in total. The second kappa shape index (κ2) is 4.11. The molecule has 0 fully saturated rings. The number of aromatic nitrogens is 3. The molecule has 5 heteroatoms. The van der Waals surface area contributed by atoms with Crippen molar-refractivity contribution in [2.24, 2.45) is 0 Å². The molecule has 0 unspecified atom stereocenters. The summed E-state index contributed by atoms with van der Waals surface area (Å²) in [5.41, 5.74) is 1.08. The molecular formula is C9H9ClN4. The maximum absolute atomic E-state index is 5.74. The molecule has 0 atom stereocenters. The van der Waals surface area contributed by atoms with Crippen molar-refractivity contribution in [1.29, 1.82) is 0 Å². The summed E-state index contributed by atoms with van der Waals surface area (Å²) in [5, 5.41) is 10.2. The molecule has 4 nitrogen and oxygen atoms in total. The highest BCUT2D eigenvalue weighted by atomic mass is 35.5. The van der Waals surface area contributed by atoms with Crippen LogP contribution in [0.3, 0.4) is 0 Å². The van der Waals surface area contributed by atoms with E-state index in [9.17, 15) is 0 Å². The third kappa shape index (κ3) is 2.23. The van der Waals surface area contributed by atoms with Crippen LogP contribution in [0.2, 0.25) is 5.15 Å². The molecule has 0 aliphatic rings. The third-order valence-electron chi connectivity index (χ3n) is 1.74. The van der Waals surface area contributed by atoms with E-state index >= 15 is 0 Å². The van der Waals surface area contributed by atoms with Gasteiger partial charge < -0.3 is 5.32 Å². The van der Waals surface area contributed by atoms with Gasteiger partial charge in [0.05, 0.1) is 6.20 Å². The lowest BCUT2D eigenvalue weighted by Crippen LogP contribution is -1.99. The first kappa shape index (κ1) is 9.02. The number of nitrogens with zero attached hydrogens (tertiary/aromatic N) is 2. The van der Waals surface area contributed by atoms with Gasteiger partial charge in [-0.3, -0.25) is 5.10 Å². The van der Waals surface area contributed by atoms with Crippen molar-refractivity contribution < 1.29 is 0 Å². The van der Waals surface area contributed by atoms with Crippen LogP contribution >= 0.6 is 11.6 Å². The number of hydrogen-bond donors (Lipinski definition) is 2. The van der Waals surface area contributed by atoms with E-state index in [4.69, 9.17) is 11.6 Å². The largest absolute Gasteiger partial charge is 0.366 e. The van der Waals surface area contributed by atoms with Gasteiger partial charge in [-0.1, -0.05) is 17.7 Å². The van der Waals surface area contributed by atoms with Crippen LogP contribution in [0.1, 0.15) is 5.56 Å². The van der Waals surface area contributed by atoms with E-state index < -0.39 is 0 Å². The number of H-pyrrole nitrogens is 1. The molecule has 0 radical (unpaired) electrons. The molecule has 0 spiro atoms.